The summed E-state index contributed by atoms with van der Waals surface area (Å²) >= 11 is 25.8. The standard InChI is InChI=1S/C23H26Cl4N2O2S/c1-14(2)10-28-23(31)15(3)29(11-16-4-7-19(25)21(27)8-16)22(30)13-32-12-17-5-6-18(24)9-20(17)26/h4-9,14-15H,10-13H2,1-3H3,(H,28,31)/t15-/m1/s1. The Balaban J connectivity index is 2.11. The van der Waals surface area contributed by atoms with Crippen LogP contribution in [0.15, 0.2) is 36.4 Å². The van der Waals surface area contributed by atoms with E-state index in [1.54, 1.807) is 42.2 Å². The minimum atomic E-state index is -0.643. The quantitative estimate of drug-likeness (QED) is 0.367. The van der Waals surface area contributed by atoms with E-state index in [4.69, 9.17) is 46.4 Å². The van der Waals surface area contributed by atoms with Gasteiger partial charge in [0, 0.05) is 28.9 Å². The Morgan fingerprint density at radius 1 is 0.969 bits per heavy atom. The Kier molecular flexibility index (Phi) is 11.0. The highest BCUT2D eigenvalue weighted by molar-refractivity contribution is 7.99. The van der Waals surface area contributed by atoms with Crippen LogP contribution in [0.2, 0.25) is 20.1 Å². The number of hydrogen-bond acceptors (Lipinski definition) is 3. The summed E-state index contributed by atoms with van der Waals surface area (Å²) in [5, 5.41) is 4.87. The lowest BCUT2D eigenvalue weighted by Crippen LogP contribution is -2.48. The van der Waals surface area contributed by atoms with Crippen LogP contribution in [0.25, 0.3) is 0 Å². The van der Waals surface area contributed by atoms with E-state index in [-0.39, 0.29) is 24.1 Å². The van der Waals surface area contributed by atoms with Gasteiger partial charge in [0.1, 0.15) is 6.04 Å². The van der Waals surface area contributed by atoms with Crippen molar-refractivity contribution >= 4 is 70.0 Å². The molecule has 1 atom stereocenters. The van der Waals surface area contributed by atoms with E-state index in [1.807, 2.05) is 19.9 Å². The van der Waals surface area contributed by atoms with Crippen molar-refractivity contribution in [3.8, 4) is 0 Å². The second-order valence-corrected chi connectivity index (χ2v) is 10.5. The Hall–Kier alpha value is -1.11. The smallest absolute Gasteiger partial charge is 0.242 e. The van der Waals surface area contributed by atoms with E-state index < -0.39 is 6.04 Å². The summed E-state index contributed by atoms with van der Waals surface area (Å²) in [6.45, 7) is 6.55. The molecule has 2 aromatic carbocycles. The van der Waals surface area contributed by atoms with E-state index in [2.05, 4.69) is 5.32 Å². The summed E-state index contributed by atoms with van der Waals surface area (Å²) < 4.78 is 0. The van der Waals surface area contributed by atoms with E-state index in [9.17, 15) is 9.59 Å². The van der Waals surface area contributed by atoms with Crippen molar-refractivity contribution in [3.63, 3.8) is 0 Å². The van der Waals surface area contributed by atoms with Gasteiger partial charge in [-0.15, -0.1) is 11.8 Å². The van der Waals surface area contributed by atoms with Gasteiger partial charge in [-0.25, -0.2) is 0 Å². The third-order valence-corrected chi connectivity index (χ3v) is 6.98. The Morgan fingerprint density at radius 3 is 2.31 bits per heavy atom. The average Bonchev–Trinajstić information content (AvgIpc) is 2.73. The molecule has 32 heavy (non-hydrogen) atoms. The average molecular weight is 536 g/mol. The summed E-state index contributed by atoms with van der Waals surface area (Å²) in [5.74, 6) is 0.708. The molecule has 174 valence electrons. The number of nitrogens with one attached hydrogen (secondary N) is 1. The molecule has 0 aliphatic carbocycles. The molecule has 0 aromatic heterocycles. The third kappa shape index (κ3) is 8.35. The molecule has 0 heterocycles. The van der Waals surface area contributed by atoms with Gasteiger partial charge in [0.25, 0.3) is 0 Å². The van der Waals surface area contributed by atoms with Crippen molar-refractivity contribution in [2.75, 3.05) is 12.3 Å². The number of amides is 2. The van der Waals surface area contributed by atoms with Gasteiger partial charge < -0.3 is 10.2 Å². The Labute approximate surface area is 213 Å². The maximum atomic E-state index is 13.1. The fourth-order valence-corrected chi connectivity index (χ4v) is 4.63. The van der Waals surface area contributed by atoms with Crippen LogP contribution in [-0.2, 0) is 21.9 Å². The molecule has 0 radical (unpaired) electrons. The molecule has 4 nitrogen and oxygen atoms in total. The summed E-state index contributed by atoms with van der Waals surface area (Å²) in [4.78, 5) is 27.4. The first kappa shape index (κ1) is 27.1. The molecule has 1 N–H and O–H groups in total. The molecule has 9 heteroatoms. The summed E-state index contributed by atoms with van der Waals surface area (Å²) in [6.07, 6.45) is 0. The fraction of sp³-hybridized carbons (Fsp3) is 0.391. The second kappa shape index (κ2) is 13.0. The summed E-state index contributed by atoms with van der Waals surface area (Å²) in [5.41, 5.74) is 1.69. The van der Waals surface area contributed by atoms with Gasteiger partial charge >= 0.3 is 0 Å². The van der Waals surface area contributed by atoms with Crippen LogP contribution < -0.4 is 5.32 Å². The van der Waals surface area contributed by atoms with Crippen LogP contribution in [0.5, 0.6) is 0 Å². The van der Waals surface area contributed by atoms with Crippen molar-refractivity contribution in [2.24, 2.45) is 5.92 Å². The first-order chi connectivity index (χ1) is 15.1. The molecular weight excluding hydrogens is 510 g/mol. The van der Waals surface area contributed by atoms with Crippen LogP contribution in [0.3, 0.4) is 0 Å². The van der Waals surface area contributed by atoms with E-state index >= 15 is 0 Å². The molecule has 0 aliphatic rings. The van der Waals surface area contributed by atoms with Gasteiger partial charge in [0.15, 0.2) is 0 Å². The molecule has 0 fully saturated rings. The van der Waals surface area contributed by atoms with E-state index in [1.165, 1.54) is 11.8 Å². The maximum absolute atomic E-state index is 13.1. The predicted molar refractivity (Wildman–Crippen MR) is 137 cm³/mol. The Morgan fingerprint density at radius 2 is 1.69 bits per heavy atom. The molecule has 0 saturated carbocycles. The first-order valence-electron chi connectivity index (χ1n) is 10.1. The summed E-state index contributed by atoms with van der Waals surface area (Å²) in [6, 6.07) is 9.84. The van der Waals surface area contributed by atoms with Crippen LogP contribution in [-0.4, -0.2) is 35.1 Å². The molecule has 2 rings (SSSR count). The highest BCUT2D eigenvalue weighted by atomic mass is 35.5. The molecule has 2 amide bonds. The number of hydrogen-bond donors (Lipinski definition) is 1. The zero-order chi connectivity index (χ0) is 23.8. The number of halogens is 4. The zero-order valence-electron chi connectivity index (χ0n) is 18.1. The van der Waals surface area contributed by atoms with Crippen molar-refractivity contribution in [1.82, 2.24) is 10.2 Å². The first-order valence-corrected chi connectivity index (χ1v) is 12.8. The largest absolute Gasteiger partial charge is 0.354 e. The summed E-state index contributed by atoms with van der Waals surface area (Å²) in [7, 11) is 0. The normalized spacial score (nSPS) is 12.0. The lowest BCUT2D eigenvalue weighted by Gasteiger charge is -2.29. The van der Waals surface area contributed by atoms with Crippen molar-refractivity contribution in [3.05, 3.63) is 67.6 Å². The van der Waals surface area contributed by atoms with Crippen LogP contribution >= 0.6 is 58.2 Å². The number of carbonyl (C=O) groups excluding carboxylic acids is 2. The van der Waals surface area contributed by atoms with Crippen LogP contribution in [0.1, 0.15) is 31.9 Å². The minimum absolute atomic E-state index is 0.154. The number of nitrogens with zero attached hydrogens (tertiary/aromatic N) is 1. The topological polar surface area (TPSA) is 49.4 Å². The van der Waals surface area contributed by atoms with Crippen LogP contribution in [0, 0.1) is 5.92 Å². The maximum Gasteiger partial charge on any atom is 0.242 e. The van der Waals surface area contributed by atoms with Crippen molar-refractivity contribution < 1.29 is 9.59 Å². The van der Waals surface area contributed by atoms with Crippen LogP contribution in [0.4, 0.5) is 0 Å². The molecule has 0 saturated heterocycles. The number of thioether (sulfide) groups is 1. The van der Waals surface area contributed by atoms with Gasteiger partial charge in [-0.05, 0) is 48.2 Å². The van der Waals surface area contributed by atoms with Gasteiger partial charge in [0.2, 0.25) is 11.8 Å². The lowest BCUT2D eigenvalue weighted by atomic mass is 10.1. The molecule has 2 aromatic rings. The second-order valence-electron chi connectivity index (χ2n) is 7.81. The number of benzene rings is 2. The molecule has 0 spiro atoms. The van der Waals surface area contributed by atoms with Gasteiger partial charge in [-0.2, -0.15) is 0 Å². The predicted octanol–water partition coefficient (Wildman–Crippen LogP) is 6.72. The van der Waals surface area contributed by atoms with Crippen molar-refractivity contribution in [2.45, 2.75) is 39.1 Å². The molecular formula is C23H26Cl4N2O2S. The highest BCUT2D eigenvalue weighted by Gasteiger charge is 2.26. The van der Waals surface area contributed by atoms with E-state index in [0.717, 1.165) is 11.1 Å². The molecule has 0 unspecified atom stereocenters. The number of carbonyl (C=O) groups is 2. The highest BCUT2D eigenvalue weighted by Crippen LogP contribution is 2.26. The SMILES string of the molecule is CC(C)CNC(=O)[C@@H](C)N(Cc1ccc(Cl)c(Cl)c1)C(=O)CSCc1ccc(Cl)cc1Cl. The van der Waals surface area contributed by atoms with Gasteiger partial charge in [0.05, 0.1) is 15.8 Å². The minimum Gasteiger partial charge on any atom is -0.354 e. The van der Waals surface area contributed by atoms with Gasteiger partial charge in [-0.3, -0.25) is 9.59 Å². The van der Waals surface area contributed by atoms with E-state index in [0.29, 0.717) is 38.3 Å². The molecule has 0 bridgehead atoms. The lowest BCUT2D eigenvalue weighted by molar-refractivity contribution is -0.138. The third-order valence-electron chi connectivity index (χ3n) is 4.69. The van der Waals surface area contributed by atoms with Crippen molar-refractivity contribution in [1.29, 1.82) is 0 Å². The zero-order valence-corrected chi connectivity index (χ0v) is 22.0. The monoisotopic (exact) mass is 534 g/mol. The van der Waals surface area contributed by atoms with Gasteiger partial charge in [-0.1, -0.05) is 72.4 Å². The fourth-order valence-electron chi connectivity index (χ4n) is 2.84. The number of rotatable bonds is 10. The molecule has 0 aliphatic heterocycles. The Bertz CT molecular complexity index is 956.